The number of nitro groups is 1. The van der Waals surface area contributed by atoms with E-state index in [-0.39, 0.29) is 22.2 Å². The number of Topliss-reactive ketones (excluding diaryl/α,β-unsaturated/α-hetero) is 1. The predicted molar refractivity (Wildman–Crippen MR) is 55.5 cm³/mol. The number of carbonyl (C=O) groups excluding carboxylic acids is 1. The number of nitro benzene ring substituents is 1. The highest BCUT2D eigenvalue weighted by atomic mass is 35.5. The average Bonchev–Trinajstić information content (AvgIpc) is 2.18. The summed E-state index contributed by atoms with van der Waals surface area (Å²) in [5, 5.41) is 13.8. The summed E-state index contributed by atoms with van der Waals surface area (Å²) in [4.78, 5) is 21.7. The molecule has 0 bridgehead atoms. The van der Waals surface area contributed by atoms with Gasteiger partial charge in [0.1, 0.15) is 5.69 Å². The van der Waals surface area contributed by atoms with Gasteiger partial charge in [0.15, 0.2) is 5.78 Å². The highest BCUT2D eigenvalue weighted by Crippen LogP contribution is 2.34. The molecule has 1 heterocycles. The number of carbonyl (C=O) groups is 1. The molecule has 0 saturated carbocycles. The molecule has 0 radical (unpaired) electrons. The summed E-state index contributed by atoms with van der Waals surface area (Å²) in [6, 6.07) is 2.70. The molecule has 0 unspecified atom stereocenters. The summed E-state index contributed by atoms with van der Waals surface area (Å²) in [5.41, 5.74) is 0.437. The van der Waals surface area contributed by atoms with E-state index in [4.69, 9.17) is 11.6 Å². The van der Waals surface area contributed by atoms with Crippen molar-refractivity contribution in [1.82, 2.24) is 0 Å². The molecule has 0 aliphatic carbocycles. The zero-order valence-electron chi connectivity index (χ0n) is 7.62. The maximum absolute atomic E-state index is 11.5. The van der Waals surface area contributed by atoms with Crippen LogP contribution in [0.1, 0.15) is 16.8 Å². The highest BCUT2D eigenvalue weighted by molar-refractivity contribution is 6.31. The SMILES string of the molecule is O=C1CCNc2c1cc(Cl)cc2[N+](=O)[O-]. The second kappa shape index (κ2) is 3.51. The molecule has 6 heteroatoms. The smallest absolute Gasteiger partial charge is 0.294 e. The number of nitrogens with zero attached hydrogens (tertiary/aromatic N) is 1. The maximum Gasteiger partial charge on any atom is 0.294 e. The van der Waals surface area contributed by atoms with Crippen LogP contribution >= 0.6 is 11.6 Å². The van der Waals surface area contributed by atoms with Crippen molar-refractivity contribution in [3.05, 3.63) is 32.8 Å². The van der Waals surface area contributed by atoms with Gasteiger partial charge in [-0.25, -0.2) is 0 Å². The first kappa shape index (κ1) is 9.92. The van der Waals surface area contributed by atoms with Crippen molar-refractivity contribution < 1.29 is 9.72 Å². The van der Waals surface area contributed by atoms with Gasteiger partial charge in [-0.2, -0.15) is 0 Å². The lowest BCUT2D eigenvalue weighted by molar-refractivity contribution is -0.384. The predicted octanol–water partition coefficient (Wildman–Crippen LogP) is 2.25. The van der Waals surface area contributed by atoms with E-state index in [0.29, 0.717) is 18.5 Å². The number of fused-ring (bicyclic) bond motifs is 1. The first-order valence-electron chi connectivity index (χ1n) is 4.34. The van der Waals surface area contributed by atoms with Crippen molar-refractivity contribution in [2.24, 2.45) is 0 Å². The minimum absolute atomic E-state index is 0.116. The molecule has 78 valence electrons. The van der Waals surface area contributed by atoms with Gasteiger partial charge in [0, 0.05) is 29.6 Å². The molecule has 0 amide bonds. The van der Waals surface area contributed by atoms with Gasteiger partial charge >= 0.3 is 0 Å². The zero-order valence-corrected chi connectivity index (χ0v) is 8.37. The minimum Gasteiger partial charge on any atom is -0.378 e. The number of hydrogen-bond acceptors (Lipinski definition) is 4. The second-order valence-electron chi connectivity index (χ2n) is 3.20. The van der Waals surface area contributed by atoms with E-state index in [1.54, 1.807) is 0 Å². The molecule has 1 aliphatic rings. The lowest BCUT2D eigenvalue weighted by Crippen LogP contribution is -2.19. The number of rotatable bonds is 1. The number of halogens is 1. The molecule has 1 aromatic rings. The van der Waals surface area contributed by atoms with Crippen molar-refractivity contribution >= 4 is 28.8 Å². The van der Waals surface area contributed by atoms with Crippen LogP contribution in [-0.2, 0) is 0 Å². The molecule has 15 heavy (non-hydrogen) atoms. The molecule has 0 fully saturated rings. The van der Waals surface area contributed by atoms with E-state index in [0.717, 1.165) is 0 Å². The molecular formula is C9H7ClN2O3. The molecular weight excluding hydrogens is 220 g/mol. The van der Waals surface area contributed by atoms with E-state index in [1.165, 1.54) is 12.1 Å². The topological polar surface area (TPSA) is 72.2 Å². The lowest BCUT2D eigenvalue weighted by atomic mass is 10.0. The monoisotopic (exact) mass is 226 g/mol. The van der Waals surface area contributed by atoms with Crippen molar-refractivity contribution in [1.29, 1.82) is 0 Å². The standard InChI is InChI=1S/C9H7ClN2O3/c10-5-3-6-8(13)1-2-11-9(6)7(4-5)12(14)15/h3-4,11H,1-2H2. The van der Waals surface area contributed by atoms with Crippen molar-refractivity contribution in [2.75, 3.05) is 11.9 Å². The van der Waals surface area contributed by atoms with Crippen LogP contribution in [-0.4, -0.2) is 17.3 Å². The Morgan fingerprint density at radius 3 is 2.87 bits per heavy atom. The summed E-state index contributed by atoms with van der Waals surface area (Å²) in [7, 11) is 0. The fourth-order valence-electron chi connectivity index (χ4n) is 1.58. The van der Waals surface area contributed by atoms with E-state index < -0.39 is 4.92 Å². The lowest BCUT2D eigenvalue weighted by Gasteiger charge is -2.16. The first-order chi connectivity index (χ1) is 7.09. The summed E-state index contributed by atoms with van der Waals surface area (Å²) in [6.07, 6.45) is 0.338. The largest absolute Gasteiger partial charge is 0.378 e. The normalized spacial score (nSPS) is 14.3. The number of anilines is 1. The molecule has 1 aliphatic heterocycles. The fraction of sp³-hybridized carbons (Fsp3) is 0.222. The van der Waals surface area contributed by atoms with Crippen LogP contribution in [0.3, 0.4) is 0 Å². The molecule has 0 atom stereocenters. The van der Waals surface area contributed by atoms with Crippen LogP contribution in [0.2, 0.25) is 5.02 Å². The number of benzene rings is 1. The zero-order chi connectivity index (χ0) is 11.0. The Morgan fingerprint density at radius 2 is 2.20 bits per heavy atom. The van der Waals surface area contributed by atoms with E-state index in [2.05, 4.69) is 5.32 Å². The fourth-order valence-corrected chi connectivity index (χ4v) is 1.79. The molecule has 5 nitrogen and oxygen atoms in total. The first-order valence-corrected chi connectivity index (χ1v) is 4.72. The second-order valence-corrected chi connectivity index (χ2v) is 3.64. The van der Waals surface area contributed by atoms with Gasteiger partial charge in [0.25, 0.3) is 5.69 Å². The minimum atomic E-state index is -0.545. The van der Waals surface area contributed by atoms with Gasteiger partial charge in [-0.3, -0.25) is 14.9 Å². The van der Waals surface area contributed by atoms with Gasteiger partial charge in [-0.05, 0) is 6.07 Å². The summed E-state index contributed by atoms with van der Waals surface area (Å²) < 4.78 is 0. The van der Waals surface area contributed by atoms with Gasteiger partial charge in [0.05, 0.1) is 4.92 Å². The van der Waals surface area contributed by atoms with Crippen molar-refractivity contribution in [3.8, 4) is 0 Å². The van der Waals surface area contributed by atoms with Crippen LogP contribution in [0.5, 0.6) is 0 Å². The van der Waals surface area contributed by atoms with Crippen molar-refractivity contribution in [2.45, 2.75) is 6.42 Å². The Bertz CT molecular complexity index is 442. The van der Waals surface area contributed by atoms with Crippen LogP contribution < -0.4 is 5.32 Å². The van der Waals surface area contributed by atoms with Gasteiger partial charge in [0.2, 0.25) is 0 Å². The van der Waals surface area contributed by atoms with E-state index in [1.807, 2.05) is 0 Å². The Morgan fingerprint density at radius 1 is 1.47 bits per heavy atom. The molecule has 0 saturated heterocycles. The van der Waals surface area contributed by atoms with Crippen LogP contribution in [0, 0.1) is 10.1 Å². The summed E-state index contributed by atoms with van der Waals surface area (Å²) in [5.74, 6) is -0.116. The van der Waals surface area contributed by atoms with E-state index in [9.17, 15) is 14.9 Å². The third kappa shape index (κ3) is 1.66. The Hall–Kier alpha value is -1.62. The number of ketones is 1. The van der Waals surface area contributed by atoms with Gasteiger partial charge in [-0.1, -0.05) is 11.6 Å². The Balaban J connectivity index is 2.67. The highest BCUT2D eigenvalue weighted by Gasteiger charge is 2.25. The Labute approximate surface area is 90.2 Å². The molecule has 0 spiro atoms. The maximum atomic E-state index is 11.5. The number of hydrogen-bond donors (Lipinski definition) is 1. The van der Waals surface area contributed by atoms with Gasteiger partial charge in [-0.15, -0.1) is 0 Å². The molecule has 1 aromatic carbocycles. The third-order valence-electron chi connectivity index (χ3n) is 2.23. The van der Waals surface area contributed by atoms with Crippen molar-refractivity contribution in [3.63, 3.8) is 0 Å². The molecule has 0 aromatic heterocycles. The van der Waals surface area contributed by atoms with Crippen LogP contribution in [0.4, 0.5) is 11.4 Å². The molecule has 1 N–H and O–H groups in total. The van der Waals surface area contributed by atoms with E-state index >= 15 is 0 Å². The molecule has 2 rings (SSSR count). The Kier molecular flexibility index (Phi) is 2.32. The average molecular weight is 227 g/mol. The van der Waals surface area contributed by atoms with Crippen LogP contribution in [0.25, 0.3) is 0 Å². The quantitative estimate of drug-likeness (QED) is 0.589. The summed E-state index contributed by atoms with van der Waals surface area (Å²) >= 11 is 5.71. The number of nitrogens with one attached hydrogen (secondary N) is 1. The van der Waals surface area contributed by atoms with Gasteiger partial charge < -0.3 is 5.32 Å². The van der Waals surface area contributed by atoms with Crippen LogP contribution in [0.15, 0.2) is 12.1 Å². The third-order valence-corrected chi connectivity index (χ3v) is 2.45. The summed E-state index contributed by atoms with van der Waals surface area (Å²) in [6.45, 7) is 0.425.